The number of hydrogen-bond acceptors (Lipinski definition) is 9. The van der Waals surface area contributed by atoms with Crippen molar-refractivity contribution < 1.29 is 43.9 Å². The van der Waals surface area contributed by atoms with Gasteiger partial charge in [0, 0.05) is 19.3 Å². The number of carbonyl (C=O) groups is 3. The third-order valence-corrected chi connectivity index (χ3v) is 7.70. The van der Waals surface area contributed by atoms with Crippen molar-refractivity contribution in [1.82, 2.24) is 0 Å². The highest BCUT2D eigenvalue weighted by Gasteiger charge is 2.63. The van der Waals surface area contributed by atoms with Crippen LogP contribution in [0.3, 0.4) is 0 Å². The summed E-state index contributed by atoms with van der Waals surface area (Å²) in [7, 11) is 0. The molecule has 1 unspecified atom stereocenters. The van der Waals surface area contributed by atoms with Crippen LogP contribution in [0.5, 0.6) is 0 Å². The lowest BCUT2D eigenvalue weighted by Crippen LogP contribution is -2.66. The normalized spacial score (nSPS) is 12.7. The van der Waals surface area contributed by atoms with Crippen LogP contribution in [0.15, 0.2) is 0 Å². The summed E-state index contributed by atoms with van der Waals surface area (Å²) >= 11 is 0. The fraction of sp³-hybridized carbons (Fsp3) is 0.906. The van der Waals surface area contributed by atoms with Gasteiger partial charge in [-0.05, 0) is 25.7 Å². The van der Waals surface area contributed by atoms with E-state index in [0.29, 0.717) is 19.3 Å². The molecule has 0 aliphatic rings. The molecule has 0 amide bonds. The molecular formula is C32H60O9. The summed E-state index contributed by atoms with van der Waals surface area (Å²) in [5, 5.41) is 31.3. The summed E-state index contributed by atoms with van der Waals surface area (Å²) in [6.07, 6.45) is 12.3. The Balaban J connectivity index is 6.17. The van der Waals surface area contributed by atoms with Crippen molar-refractivity contribution in [1.29, 1.82) is 0 Å². The zero-order valence-electron chi connectivity index (χ0n) is 26.4. The second kappa shape index (κ2) is 23.8. The summed E-state index contributed by atoms with van der Waals surface area (Å²) in [5.41, 5.74) is -2.01. The number of ether oxygens (including phenoxy) is 3. The van der Waals surface area contributed by atoms with E-state index in [1.165, 1.54) is 0 Å². The van der Waals surface area contributed by atoms with E-state index in [-0.39, 0.29) is 25.7 Å². The minimum absolute atomic E-state index is 0.0141. The van der Waals surface area contributed by atoms with Gasteiger partial charge in [-0.15, -0.1) is 0 Å². The molecular weight excluding hydrogens is 528 g/mol. The van der Waals surface area contributed by atoms with Crippen molar-refractivity contribution in [2.75, 3.05) is 19.8 Å². The van der Waals surface area contributed by atoms with Gasteiger partial charge < -0.3 is 29.5 Å². The van der Waals surface area contributed by atoms with Crippen molar-refractivity contribution in [3.63, 3.8) is 0 Å². The van der Waals surface area contributed by atoms with E-state index in [1.54, 1.807) is 6.92 Å². The van der Waals surface area contributed by atoms with Crippen LogP contribution >= 0.6 is 0 Å². The van der Waals surface area contributed by atoms with Crippen LogP contribution < -0.4 is 0 Å². The maximum Gasteiger partial charge on any atom is 0.309 e. The fourth-order valence-corrected chi connectivity index (χ4v) is 4.90. The minimum Gasteiger partial charge on any atom is -0.454 e. The summed E-state index contributed by atoms with van der Waals surface area (Å²) < 4.78 is 17.5. The number of aliphatic hydroxyl groups excluding tert-OH is 3. The number of unbranched alkanes of at least 4 members (excludes halogenated alkanes) is 12. The van der Waals surface area contributed by atoms with E-state index in [1.807, 2.05) is 0 Å². The molecule has 0 fully saturated rings. The molecule has 0 saturated heterocycles. The predicted molar refractivity (Wildman–Crippen MR) is 159 cm³/mol. The molecule has 9 nitrogen and oxygen atoms in total. The molecule has 3 N–H and O–H groups in total. The Bertz CT molecular complexity index is 654. The Hall–Kier alpha value is -1.71. The molecule has 0 bridgehead atoms. The van der Waals surface area contributed by atoms with Gasteiger partial charge in [-0.3, -0.25) is 14.4 Å². The van der Waals surface area contributed by atoms with Crippen molar-refractivity contribution in [2.24, 2.45) is 5.41 Å². The van der Waals surface area contributed by atoms with Crippen LogP contribution in [0.1, 0.15) is 150 Å². The molecule has 0 aromatic rings. The first-order chi connectivity index (χ1) is 19.8. The molecule has 0 aromatic heterocycles. The molecule has 0 heterocycles. The Morgan fingerprint density at radius 3 is 1.20 bits per heavy atom. The number of hydrogen-bond donors (Lipinski definition) is 3. The van der Waals surface area contributed by atoms with Gasteiger partial charge in [0.25, 0.3) is 0 Å². The largest absolute Gasteiger partial charge is 0.454 e. The van der Waals surface area contributed by atoms with E-state index in [0.717, 1.165) is 77.0 Å². The maximum atomic E-state index is 13.2. The van der Waals surface area contributed by atoms with Gasteiger partial charge in [-0.25, -0.2) is 0 Å². The van der Waals surface area contributed by atoms with E-state index in [4.69, 9.17) is 14.2 Å². The van der Waals surface area contributed by atoms with E-state index in [2.05, 4.69) is 20.8 Å². The highest BCUT2D eigenvalue weighted by Crippen LogP contribution is 2.42. The number of esters is 3. The number of rotatable bonds is 27. The summed E-state index contributed by atoms with van der Waals surface area (Å²) in [6, 6.07) is 0. The smallest absolute Gasteiger partial charge is 0.309 e. The second-order valence-electron chi connectivity index (χ2n) is 11.2. The predicted octanol–water partition coefficient (Wildman–Crippen LogP) is 6.14. The van der Waals surface area contributed by atoms with Crippen molar-refractivity contribution in [3.8, 4) is 0 Å². The minimum atomic E-state index is -2.40. The monoisotopic (exact) mass is 588 g/mol. The maximum absolute atomic E-state index is 13.2. The van der Waals surface area contributed by atoms with Gasteiger partial charge in [0.05, 0.1) is 19.8 Å². The fourth-order valence-electron chi connectivity index (χ4n) is 4.90. The van der Waals surface area contributed by atoms with Crippen LogP contribution in [0.4, 0.5) is 0 Å². The first kappa shape index (κ1) is 39.3. The van der Waals surface area contributed by atoms with Gasteiger partial charge in [-0.2, -0.15) is 0 Å². The highest BCUT2D eigenvalue weighted by atomic mass is 16.8. The quantitative estimate of drug-likeness (QED) is 0.0587. The molecule has 0 aliphatic heterocycles. The van der Waals surface area contributed by atoms with E-state index >= 15 is 0 Å². The van der Waals surface area contributed by atoms with Crippen molar-refractivity contribution in [2.45, 2.75) is 162 Å². The Labute approximate surface area is 248 Å². The third kappa shape index (κ3) is 14.3. The Morgan fingerprint density at radius 1 is 0.537 bits per heavy atom. The molecule has 0 saturated carbocycles. The van der Waals surface area contributed by atoms with Gasteiger partial charge in [-0.1, -0.05) is 105 Å². The van der Waals surface area contributed by atoms with Crippen LogP contribution in [0, 0.1) is 5.41 Å². The van der Waals surface area contributed by atoms with Gasteiger partial charge in [0.1, 0.15) is 5.41 Å². The average molecular weight is 589 g/mol. The van der Waals surface area contributed by atoms with Gasteiger partial charge in [0.15, 0.2) is 6.10 Å². The molecule has 0 spiro atoms. The van der Waals surface area contributed by atoms with Crippen LogP contribution in [-0.4, -0.2) is 64.9 Å². The van der Waals surface area contributed by atoms with Crippen molar-refractivity contribution in [3.05, 3.63) is 0 Å². The van der Waals surface area contributed by atoms with Gasteiger partial charge >= 0.3 is 23.7 Å². The number of aliphatic hydroxyl groups is 3. The summed E-state index contributed by atoms with van der Waals surface area (Å²) in [4.78, 5) is 39.3. The zero-order chi connectivity index (χ0) is 31.0. The molecule has 9 heteroatoms. The highest BCUT2D eigenvalue weighted by molar-refractivity contribution is 5.73. The van der Waals surface area contributed by atoms with E-state index in [9.17, 15) is 29.7 Å². The average Bonchev–Trinajstić information content (AvgIpc) is 2.96. The lowest BCUT2D eigenvalue weighted by atomic mass is 9.76. The zero-order valence-corrected chi connectivity index (χ0v) is 26.4. The van der Waals surface area contributed by atoms with Crippen molar-refractivity contribution >= 4 is 17.9 Å². The van der Waals surface area contributed by atoms with Gasteiger partial charge in [0.2, 0.25) is 0 Å². The molecule has 242 valence electrons. The summed E-state index contributed by atoms with van der Waals surface area (Å²) in [6.45, 7) is 5.33. The second-order valence-corrected chi connectivity index (χ2v) is 11.2. The molecule has 0 radical (unpaired) electrons. The topological polar surface area (TPSA) is 140 Å². The van der Waals surface area contributed by atoms with Crippen LogP contribution in [0.25, 0.3) is 0 Å². The molecule has 41 heavy (non-hydrogen) atoms. The third-order valence-electron chi connectivity index (χ3n) is 7.70. The number of carbonyl (C=O) groups excluding carboxylic acids is 3. The molecule has 0 aromatic carbocycles. The SMILES string of the molecule is CCCCCCCC(=O)OC(CC)C(OC(=O)CCCCCCC)(OC(=O)CCCCCCC)C(CO)(CO)CO. The Morgan fingerprint density at radius 2 is 0.878 bits per heavy atom. The lowest BCUT2D eigenvalue weighted by molar-refractivity contribution is -0.328. The standard InChI is InChI=1S/C32H60O9/c1-5-9-12-15-18-21-28(36)39-27(8-4)32(31(24-33,25-34)26-35,40-29(37)22-19-16-13-10-6-2)41-30(38)23-20-17-14-11-7-3/h27,33-35H,5-26H2,1-4H3. The first-order valence-electron chi connectivity index (χ1n) is 16.2. The lowest BCUT2D eigenvalue weighted by Gasteiger charge is -2.48. The molecule has 0 aliphatic carbocycles. The molecule has 0 rings (SSSR count). The van der Waals surface area contributed by atoms with Crippen LogP contribution in [0.2, 0.25) is 0 Å². The van der Waals surface area contributed by atoms with Crippen LogP contribution in [-0.2, 0) is 28.6 Å². The molecule has 1 atom stereocenters. The first-order valence-corrected chi connectivity index (χ1v) is 16.2. The summed E-state index contributed by atoms with van der Waals surface area (Å²) in [5.74, 6) is -4.40. The van der Waals surface area contributed by atoms with E-state index < -0.39 is 55.0 Å². The Kier molecular flexibility index (Phi) is 22.8.